The number of nitrogens with zero attached hydrogens (tertiary/aromatic N) is 2. The predicted octanol–water partition coefficient (Wildman–Crippen LogP) is 3.41. The summed E-state index contributed by atoms with van der Waals surface area (Å²) in [7, 11) is 1.61. The van der Waals surface area contributed by atoms with Gasteiger partial charge in [0, 0.05) is 13.7 Å². The molecule has 1 N–H and O–H groups in total. The van der Waals surface area contributed by atoms with Crippen LogP contribution in [0.4, 0.5) is 4.39 Å². The zero-order chi connectivity index (χ0) is 18.7. The van der Waals surface area contributed by atoms with Gasteiger partial charge in [0.1, 0.15) is 29.5 Å². The van der Waals surface area contributed by atoms with Crippen molar-refractivity contribution in [2.45, 2.75) is 20.1 Å². The molecule has 2 aromatic carbocycles. The predicted molar refractivity (Wildman–Crippen MR) is 94.0 cm³/mol. The summed E-state index contributed by atoms with van der Waals surface area (Å²) in [6.07, 6.45) is 0. The molecule has 0 fully saturated rings. The van der Waals surface area contributed by atoms with Crippen LogP contribution in [0, 0.1) is 12.7 Å². The Labute approximate surface area is 149 Å². The standard InChI is InChI=1S/C19H19FN2O4/c1-12-21-16-9-14(19(23)24)10-17(18(16)22(12)7-8-25-2)26-11-13-3-5-15(20)6-4-13/h3-6,9-10H,7-8,11H2,1-2H3,(H,23,24). The third-order valence-corrected chi connectivity index (χ3v) is 4.07. The lowest BCUT2D eigenvalue weighted by Gasteiger charge is -2.12. The van der Waals surface area contributed by atoms with Crippen LogP contribution in [0.25, 0.3) is 11.0 Å². The number of imidazole rings is 1. The second kappa shape index (κ2) is 7.53. The van der Waals surface area contributed by atoms with Gasteiger partial charge in [0.2, 0.25) is 0 Å². The number of aromatic nitrogens is 2. The van der Waals surface area contributed by atoms with Crippen molar-refractivity contribution in [3.05, 3.63) is 59.2 Å². The van der Waals surface area contributed by atoms with Gasteiger partial charge in [-0.15, -0.1) is 0 Å². The van der Waals surface area contributed by atoms with Gasteiger partial charge in [-0.2, -0.15) is 0 Å². The number of carboxylic acids is 1. The van der Waals surface area contributed by atoms with Crippen LogP contribution in [0.1, 0.15) is 21.7 Å². The minimum atomic E-state index is -1.05. The Morgan fingerprint density at radius 2 is 2.00 bits per heavy atom. The number of aromatic carboxylic acids is 1. The third-order valence-electron chi connectivity index (χ3n) is 4.07. The van der Waals surface area contributed by atoms with Crippen molar-refractivity contribution in [1.82, 2.24) is 9.55 Å². The van der Waals surface area contributed by atoms with Crippen molar-refractivity contribution >= 4 is 17.0 Å². The number of carbonyl (C=O) groups is 1. The molecule has 0 aliphatic carbocycles. The average molecular weight is 358 g/mol. The summed E-state index contributed by atoms with van der Waals surface area (Å²) in [5.74, 6) is -0.216. The van der Waals surface area contributed by atoms with Gasteiger partial charge in [-0.3, -0.25) is 0 Å². The number of rotatable bonds is 7. The Hall–Kier alpha value is -2.93. The van der Waals surface area contributed by atoms with E-state index in [0.29, 0.717) is 29.9 Å². The van der Waals surface area contributed by atoms with Crippen LogP contribution < -0.4 is 4.74 Å². The molecule has 0 radical (unpaired) electrons. The Balaban J connectivity index is 2.01. The van der Waals surface area contributed by atoms with Gasteiger partial charge in [0.15, 0.2) is 0 Å². The van der Waals surface area contributed by atoms with E-state index in [4.69, 9.17) is 9.47 Å². The molecule has 0 spiro atoms. The zero-order valence-corrected chi connectivity index (χ0v) is 14.5. The normalized spacial score (nSPS) is 11.0. The van der Waals surface area contributed by atoms with E-state index < -0.39 is 5.97 Å². The summed E-state index contributed by atoms with van der Waals surface area (Å²) < 4.78 is 26.0. The highest BCUT2D eigenvalue weighted by Gasteiger charge is 2.17. The van der Waals surface area contributed by atoms with Crippen molar-refractivity contribution in [3.63, 3.8) is 0 Å². The first-order chi connectivity index (χ1) is 12.5. The number of hydrogen-bond acceptors (Lipinski definition) is 4. The summed E-state index contributed by atoms with van der Waals surface area (Å²) in [4.78, 5) is 15.9. The topological polar surface area (TPSA) is 73.6 Å². The molecule has 1 heterocycles. The molecule has 7 heteroatoms. The highest BCUT2D eigenvalue weighted by molar-refractivity contribution is 5.95. The fourth-order valence-corrected chi connectivity index (χ4v) is 2.78. The fourth-order valence-electron chi connectivity index (χ4n) is 2.78. The molecule has 1 aromatic heterocycles. The van der Waals surface area contributed by atoms with Crippen molar-refractivity contribution in [3.8, 4) is 5.75 Å². The number of fused-ring (bicyclic) bond motifs is 1. The number of aryl methyl sites for hydroxylation is 1. The minimum absolute atomic E-state index is 0.1000. The molecule has 136 valence electrons. The van der Waals surface area contributed by atoms with Crippen molar-refractivity contribution in [2.75, 3.05) is 13.7 Å². The first-order valence-electron chi connectivity index (χ1n) is 8.10. The largest absolute Gasteiger partial charge is 0.487 e. The number of carboxylic acid groups (broad SMARTS) is 1. The lowest BCUT2D eigenvalue weighted by atomic mass is 10.1. The van der Waals surface area contributed by atoms with E-state index in [1.54, 1.807) is 19.2 Å². The van der Waals surface area contributed by atoms with Crippen molar-refractivity contribution in [2.24, 2.45) is 0 Å². The van der Waals surface area contributed by atoms with E-state index in [1.165, 1.54) is 24.3 Å². The molecule has 0 unspecified atom stereocenters. The van der Waals surface area contributed by atoms with Gasteiger partial charge in [-0.25, -0.2) is 14.2 Å². The van der Waals surface area contributed by atoms with E-state index in [-0.39, 0.29) is 18.0 Å². The van der Waals surface area contributed by atoms with Gasteiger partial charge in [0.25, 0.3) is 0 Å². The van der Waals surface area contributed by atoms with Gasteiger partial charge in [-0.05, 0) is 36.8 Å². The molecule has 0 amide bonds. The quantitative estimate of drug-likeness (QED) is 0.701. The smallest absolute Gasteiger partial charge is 0.335 e. The summed E-state index contributed by atoms with van der Waals surface area (Å²) >= 11 is 0. The SMILES string of the molecule is COCCn1c(C)nc2cc(C(=O)O)cc(OCc3ccc(F)cc3)c21. The van der Waals surface area contributed by atoms with Crippen molar-refractivity contribution < 1.29 is 23.8 Å². The monoisotopic (exact) mass is 358 g/mol. The Morgan fingerprint density at radius 1 is 1.27 bits per heavy atom. The molecular formula is C19H19FN2O4. The van der Waals surface area contributed by atoms with E-state index in [0.717, 1.165) is 11.4 Å². The second-order valence-corrected chi connectivity index (χ2v) is 5.87. The number of benzene rings is 2. The first-order valence-corrected chi connectivity index (χ1v) is 8.10. The molecule has 0 aliphatic rings. The maximum absolute atomic E-state index is 13.0. The van der Waals surface area contributed by atoms with E-state index in [2.05, 4.69) is 4.98 Å². The summed E-state index contributed by atoms with van der Waals surface area (Å²) in [6, 6.07) is 8.98. The Bertz CT molecular complexity index is 935. The maximum atomic E-state index is 13.0. The number of ether oxygens (including phenoxy) is 2. The lowest BCUT2D eigenvalue weighted by molar-refractivity contribution is 0.0696. The highest BCUT2D eigenvalue weighted by Crippen LogP contribution is 2.29. The summed E-state index contributed by atoms with van der Waals surface area (Å²) in [6.45, 7) is 3.09. The molecule has 3 rings (SSSR count). The number of methoxy groups -OCH3 is 1. The molecule has 6 nitrogen and oxygen atoms in total. The molecule has 0 saturated carbocycles. The average Bonchev–Trinajstić information content (AvgIpc) is 2.94. The lowest BCUT2D eigenvalue weighted by Crippen LogP contribution is -2.08. The third kappa shape index (κ3) is 3.67. The molecule has 0 aliphatic heterocycles. The number of halogens is 1. The number of hydrogen-bond donors (Lipinski definition) is 1. The molecular weight excluding hydrogens is 339 g/mol. The molecule has 0 saturated heterocycles. The zero-order valence-electron chi connectivity index (χ0n) is 14.5. The van der Waals surface area contributed by atoms with Crippen LogP contribution in [0.3, 0.4) is 0 Å². The summed E-state index contributed by atoms with van der Waals surface area (Å²) in [5.41, 5.74) is 2.14. The van der Waals surface area contributed by atoms with E-state index in [1.807, 2.05) is 11.5 Å². The van der Waals surface area contributed by atoms with Crippen LogP contribution in [-0.2, 0) is 17.9 Å². The summed E-state index contributed by atoms with van der Waals surface area (Å²) in [5, 5.41) is 9.35. The van der Waals surface area contributed by atoms with Crippen molar-refractivity contribution in [1.29, 1.82) is 0 Å². The maximum Gasteiger partial charge on any atom is 0.335 e. The molecule has 3 aromatic rings. The molecule has 0 bridgehead atoms. The van der Waals surface area contributed by atoms with E-state index in [9.17, 15) is 14.3 Å². The molecule has 0 atom stereocenters. The fraction of sp³-hybridized carbons (Fsp3) is 0.263. The van der Waals surface area contributed by atoms with Gasteiger partial charge < -0.3 is 19.1 Å². The van der Waals surface area contributed by atoms with Crippen LogP contribution in [0.2, 0.25) is 0 Å². The van der Waals surface area contributed by atoms with Gasteiger partial charge >= 0.3 is 5.97 Å². The van der Waals surface area contributed by atoms with Gasteiger partial charge in [-0.1, -0.05) is 12.1 Å². The Kier molecular flexibility index (Phi) is 5.18. The minimum Gasteiger partial charge on any atom is -0.487 e. The first kappa shape index (κ1) is 17.9. The van der Waals surface area contributed by atoms with Crippen LogP contribution in [-0.4, -0.2) is 34.3 Å². The highest BCUT2D eigenvalue weighted by atomic mass is 19.1. The van der Waals surface area contributed by atoms with Crippen LogP contribution >= 0.6 is 0 Å². The van der Waals surface area contributed by atoms with Crippen LogP contribution in [0.5, 0.6) is 5.75 Å². The van der Waals surface area contributed by atoms with Crippen LogP contribution in [0.15, 0.2) is 36.4 Å². The second-order valence-electron chi connectivity index (χ2n) is 5.87. The molecule has 26 heavy (non-hydrogen) atoms. The van der Waals surface area contributed by atoms with Gasteiger partial charge in [0.05, 0.1) is 17.7 Å². The Morgan fingerprint density at radius 3 is 2.65 bits per heavy atom. The van der Waals surface area contributed by atoms with E-state index >= 15 is 0 Å².